The molecule has 0 radical (unpaired) electrons. The first kappa shape index (κ1) is 18.4. The Kier molecular flexibility index (Phi) is 6.87. The zero-order valence-electron chi connectivity index (χ0n) is 14.8. The van der Waals surface area contributed by atoms with E-state index in [1.807, 2.05) is 0 Å². The maximum atomic E-state index is 12.2. The van der Waals surface area contributed by atoms with Crippen molar-refractivity contribution in [3.63, 3.8) is 0 Å². The summed E-state index contributed by atoms with van der Waals surface area (Å²) in [6, 6.07) is 2.47. The first-order valence-electron chi connectivity index (χ1n) is 9.59. The van der Waals surface area contributed by atoms with E-state index in [0.717, 1.165) is 38.8 Å². The molecule has 0 aromatic carbocycles. The number of nitrogens with one attached hydrogen (secondary N) is 2. The van der Waals surface area contributed by atoms with Gasteiger partial charge in [0.2, 0.25) is 0 Å². The third kappa shape index (κ3) is 5.28. The summed E-state index contributed by atoms with van der Waals surface area (Å²) in [6.45, 7) is 2.61. The minimum Gasteiger partial charge on any atom is -0.346 e. The van der Waals surface area contributed by atoms with Gasteiger partial charge in [-0.05, 0) is 61.2 Å². The summed E-state index contributed by atoms with van der Waals surface area (Å²) in [5.41, 5.74) is 1.24. The highest BCUT2D eigenvalue weighted by molar-refractivity contribution is 7.07. The van der Waals surface area contributed by atoms with Crippen molar-refractivity contribution in [1.82, 2.24) is 15.5 Å². The number of amides is 2. The SMILES string of the molecule is O=C(NC[C@H](c1ccsc1)N1CCCCCC1)C(=O)NC1CCCC1. The maximum Gasteiger partial charge on any atom is 0.309 e. The van der Waals surface area contributed by atoms with Crippen molar-refractivity contribution in [2.24, 2.45) is 0 Å². The van der Waals surface area contributed by atoms with E-state index in [2.05, 4.69) is 32.4 Å². The van der Waals surface area contributed by atoms with E-state index in [1.165, 1.54) is 31.2 Å². The molecule has 2 heterocycles. The van der Waals surface area contributed by atoms with E-state index in [-0.39, 0.29) is 12.1 Å². The van der Waals surface area contributed by atoms with Crippen LogP contribution in [0, 0.1) is 0 Å². The molecule has 2 amide bonds. The average Bonchev–Trinajstić information content (AvgIpc) is 3.25. The lowest BCUT2D eigenvalue weighted by molar-refractivity contribution is -0.139. The van der Waals surface area contributed by atoms with Gasteiger partial charge >= 0.3 is 11.8 Å². The molecule has 25 heavy (non-hydrogen) atoms. The first-order valence-corrected chi connectivity index (χ1v) is 10.5. The predicted octanol–water partition coefficient (Wildman–Crippen LogP) is 2.84. The number of likely N-dealkylation sites (tertiary alicyclic amines) is 1. The zero-order valence-corrected chi connectivity index (χ0v) is 15.7. The highest BCUT2D eigenvalue weighted by Gasteiger charge is 2.25. The Labute approximate surface area is 154 Å². The Balaban J connectivity index is 1.56. The molecule has 1 aromatic heterocycles. The zero-order chi connectivity index (χ0) is 17.5. The lowest BCUT2D eigenvalue weighted by Crippen LogP contribution is -2.46. The second-order valence-corrected chi connectivity index (χ2v) is 7.97. The molecule has 1 aromatic rings. The molecular weight excluding hydrogens is 334 g/mol. The minimum atomic E-state index is -0.498. The summed E-state index contributed by atoms with van der Waals surface area (Å²) >= 11 is 1.68. The van der Waals surface area contributed by atoms with Crippen LogP contribution in [0.3, 0.4) is 0 Å². The van der Waals surface area contributed by atoms with Crippen molar-refractivity contribution in [3.05, 3.63) is 22.4 Å². The normalized spacial score (nSPS) is 20.8. The first-order chi connectivity index (χ1) is 12.2. The minimum absolute atomic E-state index is 0.160. The molecule has 6 heteroatoms. The maximum absolute atomic E-state index is 12.2. The number of carbonyl (C=O) groups is 2. The van der Waals surface area contributed by atoms with Gasteiger partial charge in [0.15, 0.2) is 0 Å². The van der Waals surface area contributed by atoms with Crippen LogP contribution in [0.25, 0.3) is 0 Å². The van der Waals surface area contributed by atoms with Crippen LogP contribution in [0.1, 0.15) is 63.0 Å². The molecule has 5 nitrogen and oxygen atoms in total. The van der Waals surface area contributed by atoms with E-state index in [0.29, 0.717) is 6.54 Å². The van der Waals surface area contributed by atoms with Gasteiger partial charge in [-0.1, -0.05) is 25.7 Å². The molecule has 1 aliphatic heterocycles. The Morgan fingerprint density at radius 2 is 1.80 bits per heavy atom. The summed E-state index contributed by atoms with van der Waals surface area (Å²) < 4.78 is 0. The topological polar surface area (TPSA) is 61.4 Å². The lowest BCUT2D eigenvalue weighted by Gasteiger charge is -2.30. The molecule has 1 aliphatic carbocycles. The van der Waals surface area contributed by atoms with E-state index >= 15 is 0 Å². The lowest BCUT2D eigenvalue weighted by atomic mass is 10.1. The number of rotatable bonds is 5. The molecule has 1 saturated carbocycles. The van der Waals surface area contributed by atoms with Crippen molar-refractivity contribution in [3.8, 4) is 0 Å². The highest BCUT2D eigenvalue weighted by atomic mass is 32.1. The second-order valence-electron chi connectivity index (χ2n) is 7.19. The van der Waals surface area contributed by atoms with Crippen LogP contribution in [0.5, 0.6) is 0 Å². The average molecular weight is 364 g/mol. The number of nitrogens with zero attached hydrogens (tertiary/aromatic N) is 1. The van der Waals surface area contributed by atoms with Crippen LogP contribution in [0.2, 0.25) is 0 Å². The predicted molar refractivity (Wildman–Crippen MR) is 101 cm³/mol. The van der Waals surface area contributed by atoms with Crippen molar-refractivity contribution in [2.45, 2.75) is 63.5 Å². The molecule has 2 fully saturated rings. The van der Waals surface area contributed by atoms with Crippen LogP contribution in [-0.4, -0.2) is 42.4 Å². The van der Waals surface area contributed by atoms with Gasteiger partial charge in [0.1, 0.15) is 0 Å². The van der Waals surface area contributed by atoms with Crippen molar-refractivity contribution < 1.29 is 9.59 Å². The molecule has 2 N–H and O–H groups in total. The summed E-state index contributed by atoms with van der Waals surface area (Å²) in [7, 11) is 0. The largest absolute Gasteiger partial charge is 0.346 e. The third-order valence-electron chi connectivity index (χ3n) is 5.36. The van der Waals surface area contributed by atoms with E-state index < -0.39 is 11.8 Å². The Hall–Kier alpha value is -1.40. The van der Waals surface area contributed by atoms with Crippen molar-refractivity contribution in [2.75, 3.05) is 19.6 Å². The summed E-state index contributed by atoms with van der Waals surface area (Å²) in [5.74, 6) is -0.978. The molecule has 2 aliphatic rings. The molecule has 3 rings (SSSR count). The van der Waals surface area contributed by atoms with Crippen molar-refractivity contribution in [1.29, 1.82) is 0 Å². The second kappa shape index (κ2) is 9.34. The fourth-order valence-electron chi connectivity index (χ4n) is 3.92. The molecular formula is C19H29N3O2S. The number of thiophene rings is 1. The number of hydrogen-bond acceptors (Lipinski definition) is 4. The monoisotopic (exact) mass is 363 g/mol. The van der Waals surface area contributed by atoms with Gasteiger partial charge in [-0.15, -0.1) is 0 Å². The van der Waals surface area contributed by atoms with Gasteiger partial charge in [0.25, 0.3) is 0 Å². The van der Waals surface area contributed by atoms with Crippen LogP contribution in [0.15, 0.2) is 16.8 Å². The van der Waals surface area contributed by atoms with Gasteiger partial charge in [-0.25, -0.2) is 0 Å². The Morgan fingerprint density at radius 3 is 2.44 bits per heavy atom. The summed E-state index contributed by atoms with van der Waals surface area (Å²) in [6.07, 6.45) is 9.23. The molecule has 1 saturated heterocycles. The fraction of sp³-hybridized carbons (Fsp3) is 0.684. The van der Waals surface area contributed by atoms with Crippen LogP contribution in [0.4, 0.5) is 0 Å². The van der Waals surface area contributed by atoms with Gasteiger partial charge in [-0.3, -0.25) is 14.5 Å². The van der Waals surface area contributed by atoms with E-state index in [9.17, 15) is 9.59 Å². The molecule has 1 atom stereocenters. The van der Waals surface area contributed by atoms with E-state index in [4.69, 9.17) is 0 Å². The fourth-order valence-corrected chi connectivity index (χ4v) is 4.63. The standard InChI is InChI=1S/C19H29N3O2S/c23-18(19(24)21-16-7-3-4-8-16)20-13-17(15-9-12-25-14-15)22-10-5-1-2-6-11-22/h9,12,14,16-17H,1-8,10-11,13H2,(H,20,23)(H,21,24)/t17-/m1/s1. The highest BCUT2D eigenvalue weighted by Crippen LogP contribution is 2.25. The molecule has 0 spiro atoms. The Morgan fingerprint density at radius 1 is 1.08 bits per heavy atom. The smallest absolute Gasteiger partial charge is 0.309 e. The van der Waals surface area contributed by atoms with Crippen LogP contribution >= 0.6 is 11.3 Å². The quantitative estimate of drug-likeness (QED) is 0.791. The number of hydrogen-bond donors (Lipinski definition) is 2. The molecule has 0 unspecified atom stereocenters. The summed E-state index contributed by atoms with van der Waals surface area (Å²) in [4.78, 5) is 26.8. The van der Waals surface area contributed by atoms with Crippen LogP contribution in [-0.2, 0) is 9.59 Å². The van der Waals surface area contributed by atoms with Gasteiger partial charge < -0.3 is 10.6 Å². The van der Waals surface area contributed by atoms with Gasteiger partial charge in [0, 0.05) is 12.6 Å². The Bertz CT molecular complexity index is 547. The molecule has 0 bridgehead atoms. The van der Waals surface area contributed by atoms with Crippen molar-refractivity contribution >= 4 is 23.2 Å². The third-order valence-corrected chi connectivity index (χ3v) is 6.06. The van der Waals surface area contributed by atoms with E-state index in [1.54, 1.807) is 11.3 Å². The number of carbonyl (C=O) groups excluding carboxylic acids is 2. The van der Waals surface area contributed by atoms with Crippen LogP contribution < -0.4 is 10.6 Å². The summed E-state index contributed by atoms with van der Waals surface area (Å²) in [5, 5.41) is 9.97. The van der Waals surface area contributed by atoms with Gasteiger partial charge in [0.05, 0.1) is 6.04 Å². The molecule has 138 valence electrons. The van der Waals surface area contributed by atoms with Gasteiger partial charge in [-0.2, -0.15) is 11.3 Å².